The van der Waals surface area contributed by atoms with Crippen LogP contribution in [0.3, 0.4) is 0 Å². The van der Waals surface area contributed by atoms with Gasteiger partial charge in [-0.3, -0.25) is 4.40 Å². The first kappa shape index (κ1) is 10.4. The summed E-state index contributed by atoms with van der Waals surface area (Å²) >= 11 is 1.72. The van der Waals surface area contributed by atoms with Gasteiger partial charge in [-0.25, -0.2) is 0 Å². The van der Waals surface area contributed by atoms with Gasteiger partial charge in [-0.15, -0.1) is 22.0 Å². The van der Waals surface area contributed by atoms with E-state index in [0.717, 1.165) is 17.0 Å². The minimum Gasteiger partial charge on any atom is -0.282 e. The van der Waals surface area contributed by atoms with Crippen LogP contribution in [0.25, 0.3) is 17.0 Å². The molecule has 1 aromatic carbocycles. The zero-order valence-corrected chi connectivity index (χ0v) is 10.2. The maximum atomic E-state index is 4.27. The number of thioether (sulfide) groups is 1. The smallest absolute Gasteiger partial charge is 0.169 e. The first-order chi connectivity index (χ1) is 8.40. The van der Waals surface area contributed by atoms with E-state index < -0.39 is 0 Å². The highest BCUT2D eigenvalue weighted by Crippen LogP contribution is 2.28. The Balaban J connectivity index is 2.27. The molecule has 0 atom stereocenters. The predicted octanol–water partition coefficient (Wildman–Crippen LogP) is 3.12. The lowest BCUT2D eigenvalue weighted by atomic mass is 10.2. The molecule has 84 valence electrons. The van der Waals surface area contributed by atoms with Gasteiger partial charge in [0.15, 0.2) is 11.5 Å². The van der Waals surface area contributed by atoms with Crippen molar-refractivity contribution in [3.05, 3.63) is 48.7 Å². The first-order valence-corrected chi connectivity index (χ1v) is 6.56. The molecule has 4 heteroatoms. The summed E-state index contributed by atoms with van der Waals surface area (Å²) in [6.45, 7) is 0. The number of hydrogen-bond donors (Lipinski definition) is 0. The van der Waals surface area contributed by atoms with Crippen LogP contribution in [0.2, 0.25) is 0 Å². The van der Waals surface area contributed by atoms with Crippen molar-refractivity contribution in [1.82, 2.24) is 14.6 Å². The molecule has 0 saturated heterocycles. The quantitative estimate of drug-likeness (QED) is 0.646. The van der Waals surface area contributed by atoms with Crippen LogP contribution >= 0.6 is 11.8 Å². The van der Waals surface area contributed by atoms with Crippen molar-refractivity contribution in [3.63, 3.8) is 0 Å². The second kappa shape index (κ2) is 4.22. The normalized spacial score (nSPS) is 10.9. The maximum Gasteiger partial charge on any atom is 0.169 e. The van der Waals surface area contributed by atoms with Gasteiger partial charge in [0.2, 0.25) is 0 Å². The summed E-state index contributed by atoms with van der Waals surface area (Å²) in [5.74, 6) is 0.894. The zero-order chi connectivity index (χ0) is 11.7. The van der Waals surface area contributed by atoms with Gasteiger partial charge in [0, 0.05) is 16.7 Å². The third-order valence-corrected chi connectivity index (χ3v) is 3.46. The number of rotatable bonds is 2. The van der Waals surface area contributed by atoms with E-state index in [1.165, 1.54) is 4.90 Å². The van der Waals surface area contributed by atoms with Gasteiger partial charge in [-0.1, -0.05) is 24.3 Å². The Kier molecular flexibility index (Phi) is 2.57. The van der Waals surface area contributed by atoms with Crippen LogP contribution in [0.4, 0.5) is 0 Å². The number of hydrogen-bond acceptors (Lipinski definition) is 3. The van der Waals surface area contributed by atoms with E-state index in [9.17, 15) is 0 Å². The molecule has 0 saturated carbocycles. The number of nitrogens with zero attached hydrogens (tertiary/aromatic N) is 3. The molecule has 2 heterocycles. The van der Waals surface area contributed by atoms with Crippen LogP contribution in [0.1, 0.15) is 0 Å². The maximum absolute atomic E-state index is 4.27. The summed E-state index contributed by atoms with van der Waals surface area (Å²) in [5, 5.41) is 8.45. The van der Waals surface area contributed by atoms with Crippen molar-refractivity contribution < 1.29 is 0 Å². The molecule has 0 amide bonds. The van der Waals surface area contributed by atoms with Crippen LogP contribution in [-0.4, -0.2) is 20.9 Å². The minimum absolute atomic E-state index is 0.874. The van der Waals surface area contributed by atoms with Crippen molar-refractivity contribution in [2.45, 2.75) is 4.90 Å². The van der Waals surface area contributed by atoms with E-state index in [-0.39, 0.29) is 0 Å². The van der Waals surface area contributed by atoms with Crippen LogP contribution in [0.5, 0.6) is 0 Å². The van der Waals surface area contributed by atoms with E-state index in [2.05, 4.69) is 28.6 Å². The molecule has 2 aromatic heterocycles. The van der Waals surface area contributed by atoms with Crippen LogP contribution in [0.15, 0.2) is 53.6 Å². The Labute approximate surface area is 104 Å². The molecule has 0 aliphatic rings. The van der Waals surface area contributed by atoms with Gasteiger partial charge in [-0.2, -0.15) is 0 Å². The monoisotopic (exact) mass is 241 g/mol. The summed E-state index contributed by atoms with van der Waals surface area (Å²) in [6.07, 6.45) is 4.06. The fourth-order valence-electron chi connectivity index (χ4n) is 1.85. The summed E-state index contributed by atoms with van der Waals surface area (Å²) in [7, 11) is 0. The molecule has 0 fully saturated rings. The Hall–Kier alpha value is -1.81. The summed E-state index contributed by atoms with van der Waals surface area (Å²) in [4.78, 5) is 1.21. The first-order valence-electron chi connectivity index (χ1n) is 5.33. The van der Waals surface area contributed by atoms with Crippen LogP contribution in [0, 0.1) is 0 Å². The Morgan fingerprint density at radius 2 is 1.82 bits per heavy atom. The van der Waals surface area contributed by atoms with E-state index in [0.29, 0.717) is 0 Å². The van der Waals surface area contributed by atoms with E-state index >= 15 is 0 Å². The van der Waals surface area contributed by atoms with Gasteiger partial charge >= 0.3 is 0 Å². The Morgan fingerprint density at radius 3 is 2.71 bits per heavy atom. The highest BCUT2D eigenvalue weighted by molar-refractivity contribution is 7.98. The molecule has 0 bridgehead atoms. The number of aromatic nitrogens is 3. The lowest BCUT2D eigenvalue weighted by molar-refractivity contribution is 1.10. The third kappa shape index (κ3) is 1.70. The molecule has 3 rings (SSSR count). The second-order valence-corrected chi connectivity index (χ2v) is 4.50. The Morgan fingerprint density at radius 1 is 1.00 bits per heavy atom. The zero-order valence-electron chi connectivity index (χ0n) is 9.37. The molecule has 3 nitrogen and oxygen atoms in total. The van der Waals surface area contributed by atoms with E-state index in [1.807, 2.05) is 40.9 Å². The largest absolute Gasteiger partial charge is 0.282 e. The average Bonchev–Trinajstić information content (AvgIpc) is 2.82. The molecule has 0 aliphatic carbocycles. The van der Waals surface area contributed by atoms with Crippen LogP contribution in [-0.2, 0) is 0 Å². The molecule has 17 heavy (non-hydrogen) atoms. The average molecular weight is 241 g/mol. The number of benzene rings is 1. The minimum atomic E-state index is 0.874. The summed E-state index contributed by atoms with van der Waals surface area (Å²) < 4.78 is 2.01. The van der Waals surface area contributed by atoms with Gasteiger partial charge in [-0.05, 0) is 24.5 Å². The van der Waals surface area contributed by atoms with Crippen molar-refractivity contribution in [1.29, 1.82) is 0 Å². The predicted molar refractivity (Wildman–Crippen MR) is 70.2 cm³/mol. The lowest BCUT2D eigenvalue weighted by Gasteiger charge is -2.04. The van der Waals surface area contributed by atoms with Gasteiger partial charge < -0.3 is 0 Å². The number of pyridine rings is 1. The highest BCUT2D eigenvalue weighted by atomic mass is 32.2. The van der Waals surface area contributed by atoms with E-state index in [1.54, 1.807) is 11.8 Å². The third-order valence-electron chi connectivity index (χ3n) is 2.66. The summed E-state index contributed by atoms with van der Waals surface area (Å²) in [5.41, 5.74) is 2.00. The molecule has 0 aliphatic heterocycles. The van der Waals surface area contributed by atoms with Gasteiger partial charge in [0.05, 0.1) is 0 Å². The fourth-order valence-corrected chi connectivity index (χ4v) is 2.45. The van der Waals surface area contributed by atoms with Crippen LogP contribution < -0.4 is 0 Å². The molecular weight excluding hydrogens is 230 g/mol. The Bertz CT molecular complexity index is 660. The SMILES string of the molecule is CSc1ccccc1-c1nnc2ccccn12. The molecule has 0 spiro atoms. The van der Waals surface area contributed by atoms with Crippen molar-refractivity contribution in [2.75, 3.05) is 6.26 Å². The highest BCUT2D eigenvalue weighted by Gasteiger charge is 2.10. The molecule has 0 N–H and O–H groups in total. The topological polar surface area (TPSA) is 30.2 Å². The molecular formula is C13H11N3S. The van der Waals surface area contributed by atoms with Crippen molar-refractivity contribution in [2.24, 2.45) is 0 Å². The standard InChI is InChI=1S/C13H11N3S/c1-17-11-7-3-2-6-10(11)13-15-14-12-8-4-5-9-16(12)13/h2-9H,1H3. The van der Waals surface area contributed by atoms with Crippen molar-refractivity contribution >= 4 is 17.4 Å². The van der Waals surface area contributed by atoms with Gasteiger partial charge in [0.25, 0.3) is 0 Å². The number of fused-ring (bicyclic) bond motifs is 1. The fraction of sp³-hybridized carbons (Fsp3) is 0.0769. The molecule has 0 radical (unpaired) electrons. The van der Waals surface area contributed by atoms with E-state index in [4.69, 9.17) is 0 Å². The molecule has 0 unspecified atom stereocenters. The second-order valence-electron chi connectivity index (χ2n) is 3.65. The summed E-state index contributed by atoms with van der Waals surface area (Å²) in [6, 6.07) is 14.2. The van der Waals surface area contributed by atoms with Gasteiger partial charge in [0.1, 0.15) is 0 Å². The lowest BCUT2D eigenvalue weighted by Crippen LogP contribution is -1.90. The van der Waals surface area contributed by atoms with Crippen molar-refractivity contribution in [3.8, 4) is 11.4 Å². The molecule has 3 aromatic rings.